The van der Waals surface area contributed by atoms with E-state index in [1.807, 2.05) is 45.0 Å². The second-order valence-electron chi connectivity index (χ2n) is 5.77. The third kappa shape index (κ3) is 3.01. The summed E-state index contributed by atoms with van der Waals surface area (Å²) in [6.07, 6.45) is 0. The predicted molar refractivity (Wildman–Crippen MR) is 91.3 cm³/mol. The number of nitrogens with zero attached hydrogens (tertiary/aromatic N) is 5. The molecule has 0 aliphatic carbocycles. The molecule has 8 nitrogen and oxygen atoms in total. The largest absolute Gasteiger partial charge is 0.438 e. The smallest absolute Gasteiger partial charge is 0.409 e. The van der Waals surface area contributed by atoms with Gasteiger partial charge in [-0.3, -0.25) is 0 Å². The third-order valence-corrected chi connectivity index (χ3v) is 3.85. The van der Waals surface area contributed by atoms with Crippen molar-refractivity contribution < 1.29 is 10.1 Å². The van der Waals surface area contributed by atoms with E-state index in [0.29, 0.717) is 16.2 Å². The Morgan fingerprint density at radius 3 is 2.52 bits per heavy atom. The molecule has 0 saturated heterocycles. The van der Waals surface area contributed by atoms with Gasteiger partial charge in [0.25, 0.3) is 5.49 Å². The molecular formula is C17H17N5O3. The van der Waals surface area contributed by atoms with Crippen LogP contribution in [0.3, 0.4) is 0 Å². The Morgan fingerprint density at radius 1 is 1.12 bits per heavy atom. The Morgan fingerprint density at radius 2 is 1.84 bits per heavy atom. The van der Waals surface area contributed by atoms with Crippen LogP contribution in [0.1, 0.15) is 16.7 Å². The highest BCUT2D eigenvalue weighted by molar-refractivity contribution is 5.48. The first kappa shape index (κ1) is 16.4. The average Bonchev–Trinajstić information content (AvgIpc) is 2.89. The van der Waals surface area contributed by atoms with Crippen LogP contribution in [0, 0.1) is 30.9 Å². The Balaban J connectivity index is 2.30. The van der Waals surface area contributed by atoms with E-state index in [-0.39, 0.29) is 5.49 Å². The molecule has 0 radical (unpaired) electrons. The Labute approximate surface area is 143 Å². The monoisotopic (exact) mass is 339 g/mol. The van der Waals surface area contributed by atoms with Crippen molar-refractivity contribution in [1.29, 1.82) is 0 Å². The van der Waals surface area contributed by atoms with Gasteiger partial charge >= 0.3 is 5.82 Å². The molecule has 0 aliphatic rings. The van der Waals surface area contributed by atoms with E-state index < -0.39 is 10.7 Å². The van der Waals surface area contributed by atoms with E-state index in [0.717, 1.165) is 21.5 Å². The lowest BCUT2D eigenvalue weighted by atomic mass is 10.1. The van der Waals surface area contributed by atoms with Crippen molar-refractivity contribution in [2.24, 2.45) is 4.99 Å². The van der Waals surface area contributed by atoms with Crippen LogP contribution in [0.4, 0.5) is 11.5 Å². The summed E-state index contributed by atoms with van der Waals surface area (Å²) in [7, 11) is 0. The van der Waals surface area contributed by atoms with Crippen LogP contribution in [0.15, 0.2) is 47.5 Å². The second kappa shape index (κ2) is 6.23. The summed E-state index contributed by atoms with van der Waals surface area (Å²) in [6, 6.07) is 12.7. The van der Waals surface area contributed by atoms with E-state index in [4.69, 9.17) is 0 Å². The summed E-state index contributed by atoms with van der Waals surface area (Å²) in [5, 5.41) is 25.8. The fourth-order valence-electron chi connectivity index (χ4n) is 2.47. The molecule has 1 aromatic heterocycles. The molecule has 0 unspecified atom stereocenters. The van der Waals surface area contributed by atoms with Crippen LogP contribution in [-0.4, -0.2) is 24.9 Å². The van der Waals surface area contributed by atoms with Crippen molar-refractivity contribution in [3.8, 4) is 5.69 Å². The number of hydrogen-bond acceptors (Lipinski definition) is 5. The van der Waals surface area contributed by atoms with Gasteiger partial charge in [0, 0.05) is 0 Å². The number of para-hydroxylation sites is 1. The Kier molecular flexibility index (Phi) is 4.10. The van der Waals surface area contributed by atoms with Crippen molar-refractivity contribution in [1.82, 2.24) is 14.7 Å². The molecule has 25 heavy (non-hydrogen) atoms. The van der Waals surface area contributed by atoms with Gasteiger partial charge in [-0.25, -0.2) is 4.99 Å². The van der Waals surface area contributed by atoms with Crippen LogP contribution in [0.2, 0.25) is 0 Å². The minimum atomic E-state index is -0.661. The fourth-order valence-corrected chi connectivity index (χ4v) is 2.47. The predicted octanol–water partition coefficient (Wildman–Crippen LogP) is 2.98. The van der Waals surface area contributed by atoms with Crippen LogP contribution in [-0.2, 0) is 0 Å². The summed E-state index contributed by atoms with van der Waals surface area (Å²) in [6.45, 7) is 5.57. The van der Waals surface area contributed by atoms with E-state index in [9.17, 15) is 15.3 Å². The summed E-state index contributed by atoms with van der Waals surface area (Å²) < 4.78 is 0. The fraction of sp³-hybridized carbons (Fsp3) is 0.176. The summed E-state index contributed by atoms with van der Waals surface area (Å²) in [4.78, 5) is 16.7. The molecule has 0 fully saturated rings. The summed E-state index contributed by atoms with van der Waals surface area (Å²) in [5.74, 6) is -0.522. The molecule has 1 N–H and O–H groups in total. The van der Waals surface area contributed by atoms with Crippen LogP contribution < -0.4 is 5.49 Å². The van der Waals surface area contributed by atoms with Crippen LogP contribution >= 0.6 is 0 Å². The van der Waals surface area contributed by atoms with E-state index in [1.54, 1.807) is 18.2 Å². The van der Waals surface area contributed by atoms with Gasteiger partial charge in [-0.05, 0) is 59.3 Å². The van der Waals surface area contributed by atoms with E-state index in [1.165, 1.54) is 0 Å². The quantitative estimate of drug-likeness (QED) is 0.450. The first-order valence-corrected chi connectivity index (χ1v) is 7.62. The molecule has 0 amide bonds. The lowest BCUT2D eigenvalue weighted by molar-refractivity contribution is -0.391. The van der Waals surface area contributed by atoms with Gasteiger partial charge in [-0.2, -0.15) is 0 Å². The van der Waals surface area contributed by atoms with Gasteiger partial charge in [0.2, 0.25) is 0 Å². The average molecular weight is 339 g/mol. The van der Waals surface area contributed by atoms with Gasteiger partial charge in [0.1, 0.15) is 5.69 Å². The molecule has 0 atom stereocenters. The number of nitro groups is 1. The number of aromatic nitrogens is 3. The van der Waals surface area contributed by atoms with Gasteiger partial charge in [0.05, 0.1) is 10.8 Å². The highest BCUT2D eigenvalue weighted by Gasteiger charge is 2.25. The van der Waals surface area contributed by atoms with Gasteiger partial charge < -0.3 is 15.3 Å². The van der Waals surface area contributed by atoms with Crippen molar-refractivity contribution in [2.75, 3.05) is 0 Å². The van der Waals surface area contributed by atoms with Crippen molar-refractivity contribution in [2.45, 2.75) is 20.8 Å². The van der Waals surface area contributed by atoms with E-state index in [2.05, 4.69) is 10.1 Å². The molecule has 128 valence electrons. The molecular weight excluding hydrogens is 322 g/mol. The van der Waals surface area contributed by atoms with Crippen molar-refractivity contribution in [3.05, 3.63) is 74.8 Å². The maximum atomic E-state index is 11.4. The molecule has 1 heterocycles. The molecule has 0 spiro atoms. The maximum Gasteiger partial charge on any atom is 0.438 e. The number of aryl methyl sites for hydroxylation is 3. The topological polar surface area (TPSA) is 98.5 Å². The van der Waals surface area contributed by atoms with Crippen molar-refractivity contribution in [3.63, 3.8) is 0 Å². The third-order valence-electron chi connectivity index (χ3n) is 3.85. The summed E-state index contributed by atoms with van der Waals surface area (Å²) in [5.41, 5.74) is 3.43. The summed E-state index contributed by atoms with van der Waals surface area (Å²) >= 11 is 0. The number of hydrogen-bond donors (Lipinski definition) is 1. The van der Waals surface area contributed by atoms with Gasteiger partial charge in [0.15, 0.2) is 0 Å². The molecule has 8 heteroatoms. The molecule has 0 bridgehead atoms. The number of benzene rings is 2. The zero-order valence-corrected chi connectivity index (χ0v) is 14.0. The lowest BCUT2D eigenvalue weighted by Crippen LogP contribution is -2.22. The van der Waals surface area contributed by atoms with Crippen LogP contribution in [0.25, 0.3) is 5.69 Å². The zero-order chi connectivity index (χ0) is 18.1. The maximum absolute atomic E-state index is 11.4. The molecule has 0 saturated carbocycles. The zero-order valence-electron chi connectivity index (χ0n) is 14.0. The SMILES string of the molecule is Cc1ccc(C)c(N=c2c([N+](=O)[O-])nn(-c3ccccc3C)n2O)c1. The second-order valence-corrected chi connectivity index (χ2v) is 5.77. The molecule has 2 aromatic carbocycles. The highest BCUT2D eigenvalue weighted by Crippen LogP contribution is 2.20. The Hall–Kier alpha value is -3.42. The van der Waals surface area contributed by atoms with Crippen molar-refractivity contribution >= 4 is 11.5 Å². The van der Waals surface area contributed by atoms with Crippen LogP contribution in [0.5, 0.6) is 0 Å². The van der Waals surface area contributed by atoms with E-state index >= 15 is 0 Å². The molecule has 0 aliphatic heterocycles. The first-order chi connectivity index (χ1) is 11.9. The molecule has 3 rings (SSSR count). The van der Waals surface area contributed by atoms with Gasteiger partial charge in [-0.1, -0.05) is 35.2 Å². The lowest BCUT2D eigenvalue weighted by Gasteiger charge is -2.03. The Bertz CT molecular complexity index is 1030. The van der Waals surface area contributed by atoms with Gasteiger partial charge in [-0.15, -0.1) is 0 Å². The highest BCUT2D eigenvalue weighted by atomic mass is 16.6. The molecule has 3 aromatic rings. The first-order valence-electron chi connectivity index (χ1n) is 7.62. The minimum absolute atomic E-state index is 0.234. The standard InChI is InChI=1S/C17H17N5O3/c1-11-8-9-12(2)14(10-11)18-16-17(22(24)25)19-20(21(16)23)15-7-5-4-6-13(15)3/h4-10,23H,1-3H3. The normalized spacial score (nSPS) is 11.7. The minimum Gasteiger partial charge on any atom is -0.409 e. The number of rotatable bonds is 3.